The number of methoxy groups -OCH3 is 1. The zero-order chi connectivity index (χ0) is 19.0. The van der Waals surface area contributed by atoms with Crippen LogP contribution in [0.1, 0.15) is 28.8 Å². The van der Waals surface area contributed by atoms with Crippen molar-refractivity contribution in [2.24, 2.45) is 5.92 Å². The number of ether oxygens (including phenoxy) is 1. The number of Topliss-reactive ketones (excluding diaryl/α,β-unsaturated/α-hetero) is 1. The van der Waals surface area contributed by atoms with Crippen molar-refractivity contribution in [1.29, 1.82) is 0 Å². The van der Waals surface area contributed by atoms with Crippen molar-refractivity contribution in [1.82, 2.24) is 19.9 Å². The van der Waals surface area contributed by atoms with Crippen molar-refractivity contribution in [3.63, 3.8) is 0 Å². The summed E-state index contributed by atoms with van der Waals surface area (Å²) in [7, 11) is 1.62. The monoisotopic (exact) mass is 366 g/mol. The Balaban J connectivity index is 1.61. The van der Waals surface area contributed by atoms with E-state index in [1.165, 1.54) is 0 Å². The summed E-state index contributed by atoms with van der Waals surface area (Å²) in [6, 6.07) is 5.58. The number of nitrogen functional groups attached to an aromatic ring is 1. The van der Waals surface area contributed by atoms with Crippen LogP contribution < -0.4 is 15.4 Å². The Kier molecular flexibility index (Phi) is 4.39. The van der Waals surface area contributed by atoms with E-state index in [9.17, 15) is 4.79 Å². The molecule has 3 N–H and O–H groups in total. The van der Waals surface area contributed by atoms with Gasteiger partial charge in [-0.1, -0.05) is 0 Å². The third-order valence-electron chi connectivity index (χ3n) is 5.07. The second-order valence-electron chi connectivity index (χ2n) is 6.84. The van der Waals surface area contributed by atoms with Gasteiger partial charge in [-0.05, 0) is 43.5 Å². The molecule has 140 valence electrons. The van der Waals surface area contributed by atoms with Crippen LogP contribution >= 0.6 is 0 Å². The number of H-pyrrole nitrogens is 1. The first-order valence-electron chi connectivity index (χ1n) is 8.97. The van der Waals surface area contributed by atoms with Gasteiger partial charge in [0.25, 0.3) is 0 Å². The fourth-order valence-corrected chi connectivity index (χ4v) is 3.71. The third-order valence-corrected chi connectivity index (χ3v) is 5.07. The number of hydrogen-bond donors (Lipinski definition) is 2. The Morgan fingerprint density at radius 3 is 3.00 bits per heavy atom. The number of piperidine rings is 1. The number of imidazole rings is 1. The number of nitrogens with two attached hydrogens (primary N) is 1. The first kappa shape index (κ1) is 17.3. The molecule has 0 amide bonds. The summed E-state index contributed by atoms with van der Waals surface area (Å²) in [6.07, 6.45) is 3.34. The molecular formula is C19H22N6O2. The van der Waals surface area contributed by atoms with Gasteiger partial charge in [-0.2, -0.15) is 9.97 Å². The quantitative estimate of drug-likeness (QED) is 0.682. The van der Waals surface area contributed by atoms with Gasteiger partial charge in [0.15, 0.2) is 17.2 Å². The van der Waals surface area contributed by atoms with Gasteiger partial charge in [-0.3, -0.25) is 4.79 Å². The number of aromatic amines is 1. The standard InChI is InChI=1S/C19H22N6O2/c1-11-8-13(27-2)5-6-14(11)16(26)12-4-3-7-25(9-12)18-15-17(22-10-21-15)23-19(20)24-18/h5-6,8,10,12H,3-4,7,9H2,1-2H3,(H3,20,21,22,23,24). The Hall–Kier alpha value is -3.16. The number of nitrogens with zero attached hydrogens (tertiary/aromatic N) is 4. The van der Waals surface area contributed by atoms with Crippen molar-refractivity contribution in [2.75, 3.05) is 30.8 Å². The van der Waals surface area contributed by atoms with Crippen molar-refractivity contribution in [3.8, 4) is 5.75 Å². The highest BCUT2D eigenvalue weighted by Gasteiger charge is 2.29. The summed E-state index contributed by atoms with van der Waals surface area (Å²) in [5, 5.41) is 0. The minimum absolute atomic E-state index is 0.0972. The smallest absolute Gasteiger partial charge is 0.224 e. The summed E-state index contributed by atoms with van der Waals surface area (Å²) in [4.78, 5) is 31.0. The molecule has 0 saturated carbocycles. The largest absolute Gasteiger partial charge is 0.497 e. The van der Waals surface area contributed by atoms with Gasteiger partial charge >= 0.3 is 0 Å². The van der Waals surface area contributed by atoms with Crippen molar-refractivity contribution in [3.05, 3.63) is 35.7 Å². The summed E-state index contributed by atoms with van der Waals surface area (Å²) >= 11 is 0. The van der Waals surface area contributed by atoms with Gasteiger partial charge in [-0.15, -0.1) is 0 Å². The van der Waals surface area contributed by atoms with Gasteiger partial charge in [0.05, 0.1) is 13.4 Å². The van der Waals surface area contributed by atoms with Gasteiger partial charge in [0.2, 0.25) is 5.95 Å². The number of benzene rings is 1. The summed E-state index contributed by atoms with van der Waals surface area (Å²) in [5.41, 5.74) is 8.80. The number of ketones is 1. The lowest BCUT2D eigenvalue weighted by atomic mass is 9.88. The Morgan fingerprint density at radius 1 is 1.37 bits per heavy atom. The molecule has 8 nitrogen and oxygen atoms in total. The molecule has 1 atom stereocenters. The van der Waals surface area contributed by atoms with Crippen molar-refractivity contribution in [2.45, 2.75) is 19.8 Å². The van der Waals surface area contributed by atoms with Crippen LogP contribution in [0.5, 0.6) is 5.75 Å². The molecule has 1 aromatic carbocycles. The molecule has 1 aliphatic heterocycles. The average molecular weight is 366 g/mol. The Morgan fingerprint density at radius 2 is 2.22 bits per heavy atom. The first-order valence-corrected chi connectivity index (χ1v) is 8.97. The van der Waals surface area contributed by atoms with Crippen molar-refractivity contribution >= 4 is 28.7 Å². The normalized spacial score (nSPS) is 17.3. The highest BCUT2D eigenvalue weighted by atomic mass is 16.5. The number of nitrogens with one attached hydrogen (secondary N) is 1. The van der Waals surface area contributed by atoms with E-state index >= 15 is 0 Å². The van der Waals surface area contributed by atoms with Crippen LogP contribution in [0.25, 0.3) is 11.2 Å². The lowest BCUT2D eigenvalue weighted by Gasteiger charge is -2.33. The maximum atomic E-state index is 13.1. The van der Waals surface area contributed by atoms with Crippen LogP contribution in [0.2, 0.25) is 0 Å². The van der Waals surface area contributed by atoms with Crippen LogP contribution in [0.15, 0.2) is 24.5 Å². The molecule has 8 heteroatoms. The highest BCUT2D eigenvalue weighted by molar-refractivity contribution is 6.00. The van der Waals surface area contributed by atoms with Crippen LogP contribution in [0.4, 0.5) is 11.8 Å². The molecule has 27 heavy (non-hydrogen) atoms. The number of anilines is 2. The van der Waals surface area contributed by atoms with Gasteiger partial charge in [0.1, 0.15) is 11.3 Å². The van der Waals surface area contributed by atoms with E-state index in [0.717, 1.165) is 41.8 Å². The highest BCUT2D eigenvalue weighted by Crippen LogP contribution is 2.29. The summed E-state index contributed by atoms with van der Waals surface area (Å²) in [5.74, 6) is 1.71. The van der Waals surface area contributed by atoms with E-state index in [2.05, 4.69) is 24.8 Å². The van der Waals surface area contributed by atoms with Gasteiger partial charge in [0, 0.05) is 24.6 Å². The molecule has 0 bridgehead atoms. The molecule has 0 radical (unpaired) electrons. The fraction of sp³-hybridized carbons (Fsp3) is 0.368. The molecule has 4 rings (SSSR count). The topological polar surface area (TPSA) is 110 Å². The average Bonchev–Trinajstić information content (AvgIpc) is 3.15. The first-order chi connectivity index (χ1) is 13.1. The lowest BCUT2D eigenvalue weighted by Crippen LogP contribution is -2.39. The molecule has 0 aliphatic carbocycles. The number of aryl methyl sites for hydroxylation is 1. The summed E-state index contributed by atoms with van der Waals surface area (Å²) < 4.78 is 5.24. The molecule has 3 heterocycles. The van der Waals surface area contributed by atoms with E-state index in [4.69, 9.17) is 10.5 Å². The predicted molar refractivity (Wildman–Crippen MR) is 103 cm³/mol. The molecule has 1 aliphatic rings. The zero-order valence-corrected chi connectivity index (χ0v) is 15.4. The third kappa shape index (κ3) is 3.18. The number of fused-ring (bicyclic) bond motifs is 1. The molecular weight excluding hydrogens is 344 g/mol. The van der Waals surface area contributed by atoms with E-state index < -0.39 is 0 Å². The number of rotatable bonds is 4. The van der Waals surface area contributed by atoms with Gasteiger partial charge < -0.3 is 20.4 Å². The van der Waals surface area contributed by atoms with Crippen molar-refractivity contribution < 1.29 is 9.53 Å². The Labute approximate surface area is 156 Å². The second kappa shape index (κ2) is 6.86. The van der Waals surface area contributed by atoms with Crippen LogP contribution in [-0.2, 0) is 0 Å². The Bertz CT molecular complexity index is 999. The summed E-state index contributed by atoms with van der Waals surface area (Å²) in [6.45, 7) is 3.35. The minimum atomic E-state index is -0.0972. The molecule has 3 aromatic rings. The molecule has 2 aromatic heterocycles. The van der Waals surface area contributed by atoms with E-state index in [-0.39, 0.29) is 17.6 Å². The molecule has 1 unspecified atom stereocenters. The zero-order valence-electron chi connectivity index (χ0n) is 15.4. The SMILES string of the molecule is COc1ccc(C(=O)C2CCCN(c3nc(N)nc4nc[nH]c34)C2)c(C)c1. The maximum Gasteiger partial charge on any atom is 0.224 e. The van der Waals surface area contributed by atoms with Crippen LogP contribution in [-0.4, -0.2) is 45.9 Å². The molecule has 1 fully saturated rings. The van der Waals surface area contributed by atoms with Crippen LogP contribution in [0, 0.1) is 12.8 Å². The lowest BCUT2D eigenvalue weighted by molar-refractivity contribution is 0.0906. The number of carbonyl (C=O) groups excluding carboxylic acids is 1. The number of hydrogen-bond acceptors (Lipinski definition) is 7. The fourth-order valence-electron chi connectivity index (χ4n) is 3.71. The van der Waals surface area contributed by atoms with Crippen LogP contribution in [0.3, 0.4) is 0 Å². The number of aromatic nitrogens is 4. The molecule has 0 spiro atoms. The second-order valence-corrected chi connectivity index (χ2v) is 6.84. The predicted octanol–water partition coefficient (Wildman–Crippen LogP) is 2.35. The van der Waals surface area contributed by atoms with E-state index in [0.29, 0.717) is 18.0 Å². The maximum absolute atomic E-state index is 13.1. The number of carbonyl (C=O) groups is 1. The molecule has 1 saturated heterocycles. The van der Waals surface area contributed by atoms with E-state index in [1.54, 1.807) is 13.4 Å². The minimum Gasteiger partial charge on any atom is -0.497 e. The van der Waals surface area contributed by atoms with E-state index in [1.807, 2.05) is 25.1 Å². The van der Waals surface area contributed by atoms with Gasteiger partial charge in [-0.25, -0.2) is 4.98 Å².